The lowest BCUT2D eigenvalue weighted by atomic mass is 9.88. The molecule has 1 aliphatic heterocycles. The Labute approximate surface area is 150 Å². The zero-order valence-corrected chi connectivity index (χ0v) is 15.3. The normalized spacial score (nSPS) is 17.2. The lowest BCUT2D eigenvalue weighted by molar-refractivity contribution is 0.0857. The van der Waals surface area contributed by atoms with E-state index in [1.54, 1.807) is 0 Å². The van der Waals surface area contributed by atoms with Gasteiger partial charge in [0.1, 0.15) is 0 Å². The van der Waals surface area contributed by atoms with Crippen molar-refractivity contribution >= 4 is 5.91 Å². The molecule has 2 rings (SSSR count). The molecule has 136 valence electrons. The Bertz CT molecular complexity index is 601. The van der Waals surface area contributed by atoms with Crippen LogP contribution in [0.25, 0.3) is 0 Å². The molecule has 1 heterocycles. The monoisotopic (exact) mass is 343 g/mol. The molecule has 1 unspecified atom stereocenters. The highest BCUT2D eigenvalue weighted by Crippen LogP contribution is 2.20. The molecule has 0 aromatic heterocycles. The number of nitrogens with one attached hydrogen (secondary N) is 2. The SMILES string of the molecule is CC(C)(CCC#N)CNCc1cccc(C(=O)NCC2CCCO2)c1. The maximum Gasteiger partial charge on any atom is 0.251 e. The Morgan fingerprint density at radius 2 is 2.28 bits per heavy atom. The van der Waals surface area contributed by atoms with E-state index in [0.29, 0.717) is 25.1 Å². The van der Waals surface area contributed by atoms with Gasteiger partial charge in [-0.15, -0.1) is 0 Å². The van der Waals surface area contributed by atoms with Crippen LogP contribution in [0.4, 0.5) is 0 Å². The fraction of sp³-hybridized carbons (Fsp3) is 0.600. The number of carbonyl (C=O) groups is 1. The summed E-state index contributed by atoms with van der Waals surface area (Å²) in [6.45, 7) is 7.24. The van der Waals surface area contributed by atoms with Crippen molar-refractivity contribution in [1.82, 2.24) is 10.6 Å². The molecular formula is C20H29N3O2. The highest BCUT2D eigenvalue weighted by Gasteiger charge is 2.18. The van der Waals surface area contributed by atoms with Crippen molar-refractivity contribution in [1.29, 1.82) is 5.26 Å². The average Bonchev–Trinajstić information content (AvgIpc) is 3.11. The summed E-state index contributed by atoms with van der Waals surface area (Å²) in [5, 5.41) is 15.1. The topological polar surface area (TPSA) is 74.2 Å². The number of rotatable bonds is 9. The summed E-state index contributed by atoms with van der Waals surface area (Å²) in [4.78, 5) is 12.3. The van der Waals surface area contributed by atoms with E-state index < -0.39 is 0 Å². The third-order valence-corrected chi connectivity index (χ3v) is 4.55. The van der Waals surface area contributed by atoms with Gasteiger partial charge in [-0.2, -0.15) is 5.26 Å². The van der Waals surface area contributed by atoms with E-state index in [1.165, 1.54) is 0 Å². The number of nitriles is 1. The van der Waals surface area contributed by atoms with Gasteiger partial charge in [0.15, 0.2) is 0 Å². The van der Waals surface area contributed by atoms with E-state index in [-0.39, 0.29) is 17.4 Å². The third-order valence-electron chi connectivity index (χ3n) is 4.55. The Kier molecular flexibility index (Phi) is 7.42. The van der Waals surface area contributed by atoms with E-state index in [4.69, 9.17) is 10.00 Å². The number of nitrogens with zero attached hydrogens (tertiary/aromatic N) is 1. The van der Waals surface area contributed by atoms with Crippen molar-refractivity contribution in [2.24, 2.45) is 5.41 Å². The Morgan fingerprint density at radius 1 is 1.44 bits per heavy atom. The number of amides is 1. The molecule has 0 radical (unpaired) electrons. The lowest BCUT2D eigenvalue weighted by Crippen LogP contribution is -2.32. The van der Waals surface area contributed by atoms with Crippen LogP contribution in [0.3, 0.4) is 0 Å². The average molecular weight is 343 g/mol. The molecule has 0 aliphatic carbocycles. The van der Waals surface area contributed by atoms with Crippen molar-refractivity contribution in [2.45, 2.75) is 52.2 Å². The van der Waals surface area contributed by atoms with E-state index in [9.17, 15) is 4.79 Å². The standard InChI is InChI=1S/C20H29N3O2/c1-20(2,9-5-10-21)15-22-13-16-6-3-7-17(12-16)19(24)23-14-18-8-4-11-25-18/h3,6-7,12,18,22H,4-5,8-9,11,13-15H2,1-2H3,(H,23,24). The van der Waals surface area contributed by atoms with E-state index in [0.717, 1.165) is 38.0 Å². The van der Waals surface area contributed by atoms with Crippen LogP contribution in [0, 0.1) is 16.7 Å². The van der Waals surface area contributed by atoms with Crippen molar-refractivity contribution < 1.29 is 9.53 Å². The molecule has 1 atom stereocenters. The number of benzene rings is 1. The van der Waals surface area contributed by atoms with Gasteiger partial charge >= 0.3 is 0 Å². The molecule has 1 fully saturated rings. The van der Waals surface area contributed by atoms with E-state index in [1.807, 2.05) is 24.3 Å². The molecule has 25 heavy (non-hydrogen) atoms. The van der Waals surface area contributed by atoms with E-state index >= 15 is 0 Å². The largest absolute Gasteiger partial charge is 0.376 e. The Morgan fingerprint density at radius 3 is 3.00 bits per heavy atom. The molecule has 5 nitrogen and oxygen atoms in total. The molecule has 1 aliphatic rings. The van der Waals surface area contributed by atoms with Gasteiger partial charge in [-0.1, -0.05) is 26.0 Å². The molecule has 0 bridgehead atoms. The maximum absolute atomic E-state index is 12.3. The maximum atomic E-state index is 12.3. The molecule has 5 heteroatoms. The second-order valence-electron chi connectivity index (χ2n) is 7.47. The van der Waals surface area contributed by atoms with Crippen LogP contribution in [0.2, 0.25) is 0 Å². The minimum Gasteiger partial charge on any atom is -0.376 e. The minimum atomic E-state index is -0.0494. The highest BCUT2D eigenvalue weighted by atomic mass is 16.5. The summed E-state index contributed by atoms with van der Waals surface area (Å²) < 4.78 is 5.53. The molecule has 1 saturated heterocycles. The predicted molar refractivity (Wildman–Crippen MR) is 98.1 cm³/mol. The van der Waals surface area contributed by atoms with Gasteiger partial charge in [0.25, 0.3) is 5.91 Å². The smallest absolute Gasteiger partial charge is 0.251 e. The summed E-state index contributed by atoms with van der Waals surface area (Å²) >= 11 is 0. The molecule has 1 aromatic carbocycles. The van der Waals surface area contributed by atoms with Crippen LogP contribution in [-0.2, 0) is 11.3 Å². The van der Waals surface area contributed by atoms with Gasteiger partial charge in [0.05, 0.1) is 12.2 Å². The summed E-state index contributed by atoms with van der Waals surface area (Å²) in [7, 11) is 0. The van der Waals surface area contributed by atoms with Crippen molar-refractivity contribution in [3.8, 4) is 6.07 Å². The minimum absolute atomic E-state index is 0.0494. The molecule has 0 saturated carbocycles. The van der Waals surface area contributed by atoms with Crippen LogP contribution in [0.5, 0.6) is 0 Å². The lowest BCUT2D eigenvalue weighted by Gasteiger charge is -2.23. The summed E-state index contributed by atoms with van der Waals surface area (Å²) in [6.07, 6.45) is 3.71. The van der Waals surface area contributed by atoms with Gasteiger partial charge in [-0.05, 0) is 42.4 Å². The highest BCUT2D eigenvalue weighted by molar-refractivity contribution is 5.94. The van der Waals surface area contributed by atoms with Crippen LogP contribution in [0.1, 0.15) is 55.5 Å². The second kappa shape index (κ2) is 9.55. The molecule has 1 aromatic rings. The molecule has 0 spiro atoms. The van der Waals surface area contributed by atoms with Gasteiger partial charge in [-0.25, -0.2) is 0 Å². The van der Waals surface area contributed by atoms with Crippen LogP contribution < -0.4 is 10.6 Å². The molecule has 2 N–H and O–H groups in total. The summed E-state index contributed by atoms with van der Waals surface area (Å²) in [6, 6.07) is 9.91. The first-order valence-corrected chi connectivity index (χ1v) is 9.06. The van der Waals surface area contributed by atoms with Gasteiger partial charge in [-0.3, -0.25) is 4.79 Å². The number of hydrogen-bond donors (Lipinski definition) is 2. The fourth-order valence-corrected chi connectivity index (χ4v) is 2.96. The fourth-order valence-electron chi connectivity index (χ4n) is 2.96. The second-order valence-corrected chi connectivity index (χ2v) is 7.47. The zero-order valence-electron chi connectivity index (χ0n) is 15.3. The number of ether oxygens (including phenoxy) is 1. The van der Waals surface area contributed by atoms with Gasteiger partial charge < -0.3 is 15.4 Å². The summed E-state index contributed by atoms with van der Waals surface area (Å²) in [5.74, 6) is -0.0494. The van der Waals surface area contributed by atoms with Crippen molar-refractivity contribution in [3.05, 3.63) is 35.4 Å². The van der Waals surface area contributed by atoms with Crippen LogP contribution in [0.15, 0.2) is 24.3 Å². The van der Waals surface area contributed by atoms with E-state index in [2.05, 4.69) is 30.6 Å². The number of carbonyl (C=O) groups excluding carboxylic acids is 1. The molecular weight excluding hydrogens is 314 g/mol. The van der Waals surface area contributed by atoms with Crippen LogP contribution >= 0.6 is 0 Å². The first kappa shape index (κ1) is 19.4. The number of hydrogen-bond acceptors (Lipinski definition) is 4. The third kappa shape index (κ3) is 6.85. The summed E-state index contributed by atoms with van der Waals surface area (Å²) in [5.41, 5.74) is 1.85. The molecule has 1 amide bonds. The quantitative estimate of drug-likeness (QED) is 0.723. The van der Waals surface area contributed by atoms with Gasteiger partial charge in [0.2, 0.25) is 0 Å². The van der Waals surface area contributed by atoms with Crippen molar-refractivity contribution in [2.75, 3.05) is 19.7 Å². The van der Waals surface area contributed by atoms with Gasteiger partial charge in [0, 0.05) is 38.2 Å². The van der Waals surface area contributed by atoms with Crippen LogP contribution in [-0.4, -0.2) is 31.7 Å². The Balaban J connectivity index is 1.79. The predicted octanol–water partition coefficient (Wildman–Crippen LogP) is 3.01. The Hall–Kier alpha value is -1.90. The van der Waals surface area contributed by atoms with Crippen molar-refractivity contribution in [3.63, 3.8) is 0 Å². The first-order chi connectivity index (χ1) is 12.0. The first-order valence-electron chi connectivity index (χ1n) is 9.06. The zero-order chi connectivity index (χ0) is 18.1.